The lowest BCUT2D eigenvalue weighted by Gasteiger charge is -2.38. The number of carbonyl (C=O) groups is 2. The van der Waals surface area contributed by atoms with Gasteiger partial charge in [0, 0.05) is 6.42 Å². The molecule has 1 aromatic rings. The number of unbranched alkanes of at least 4 members (excludes halogenated alkanes) is 1. The van der Waals surface area contributed by atoms with E-state index in [0.717, 1.165) is 12.0 Å². The van der Waals surface area contributed by atoms with Gasteiger partial charge in [-0.05, 0) is 37.5 Å². The molecular formula is C21H32N2O7. The molecule has 0 spiro atoms. The molecular weight excluding hydrogens is 392 g/mol. The fourth-order valence-electron chi connectivity index (χ4n) is 3.27. The van der Waals surface area contributed by atoms with Crippen LogP contribution in [0.3, 0.4) is 0 Å². The summed E-state index contributed by atoms with van der Waals surface area (Å²) < 4.78 is 10.9. The van der Waals surface area contributed by atoms with Gasteiger partial charge < -0.3 is 35.8 Å². The van der Waals surface area contributed by atoms with Crippen molar-refractivity contribution in [3.8, 4) is 5.75 Å². The smallest absolute Gasteiger partial charge is 0.331 e. The molecule has 0 aliphatic carbocycles. The first-order chi connectivity index (χ1) is 14.2. The average Bonchev–Trinajstić information content (AvgIpc) is 2.71. The van der Waals surface area contributed by atoms with E-state index in [9.17, 15) is 24.9 Å². The molecule has 9 heteroatoms. The zero-order chi connectivity index (χ0) is 22.3. The maximum Gasteiger partial charge on any atom is 0.331 e. The van der Waals surface area contributed by atoms with Crippen LogP contribution in [0.15, 0.2) is 24.3 Å². The second kappa shape index (κ2) is 11.3. The summed E-state index contributed by atoms with van der Waals surface area (Å²) in [4.78, 5) is 25.3. The topological polar surface area (TPSA) is 151 Å². The van der Waals surface area contributed by atoms with E-state index in [1.165, 1.54) is 12.1 Å². The minimum Gasteiger partial charge on any atom is -0.508 e. The quantitative estimate of drug-likeness (QED) is 0.274. The molecule has 2 rings (SSSR count). The van der Waals surface area contributed by atoms with Crippen LogP contribution in [0.2, 0.25) is 0 Å². The van der Waals surface area contributed by atoms with E-state index in [1.54, 1.807) is 19.1 Å². The summed E-state index contributed by atoms with van der Waals surface area (Å²) in [5.74, 6) is -1.14. The lowest BCUT2D eigenvalue weighted by molar-refractivity contribution is -0.181. The molecule has 1 fully saturated rings. The zero-order valence-electron chi connectivity index (χ0n) is 17.4. The Morgan fingerprint density at radius 2 is 1.97 bits per heavy atom. The maximum absolute atomic E-state index is 12.7. The molecule has 6 atom stereocenters. The van der Waals surface area contributed by atoms with Crippen molar-refractivity contribution in [1.29, 1.82) is 0 Å². The summed E-state index contributed by atoms with van der Waals surface area (Å²) in [5, 5.41) is 31.9. The van der Waals surface area contributed by atoms with Crippen LogP contribution < -0.4 is 11.1 Å². The van der Waals surface area contributed by atoms with Crippen molar-refractivity contribution in [3.63, 3.8) is 0 Å². The Morgan fingerprint density at radius 3 is 2.57 bits per heavy atom. The summed E-state index contributed by atoms with van der Waals surface area (Å²) in [6, 6.07) is 4.20. The number of amides is 1. The van der Waals surface area contributed by atoms with Gasteiger partial charge in [-0.1, -0.05) is 25.5 Å². The number of aliphatic hydroxyl groups is 2. The number of phenols is 1. The fraction of sp³-hybridized carbons (Fsp3) is 0.619. The highest BCUT2D eigenvalue weighted by molar-refractivity contribution is 5.88. The van der Waals surface area contributed by atoms with Gasteiger partial charge in [0.2, 0.25) is 5.91 Å². The normalized spacial score (nSPS) is 25.9. The van der Waals surface area contributed by atoms with Crippen molar-refractivity contribution in [2.75, 3.05) is 6.61 Å². The van der Waals surface area contributed by atoms with Crippen molar-refractivity contribution in [3.05, 3.63) is 29.8 Å². The highest BCUT2D eigenvalue weighted by Crippen LogP contribution is 2.23. The standard InChI is InChI=1S/C21H32N2O7/c1-3-4-9-29-21(28)18(17-11-16(25)19(26)12(2)30-17)23-20(27)15(22)10-13-5-7-14(24)8-6-13/h5-8,12,15-19,24-26H,3-4,9-11,22H2,1-2H3,(H,23,27)/t12-,15+,16-,17-,18+,19+/m1/s1. The second-order valence-electron chi connectivity index (χ2n) is 7.66. The third-order valence-electron chi connectivity index (χ3n) is 5.13. The number of carbonyl (C=O) groups excluding carboxylic acids is 2. The van der Waals surface area contributed by atoms with Crippen molar-refractivity contribution >= 4 is 11.9 Å². The molecule has 6 N–H and O–H groups in total. The summed E-state index contributed by atoms with van der Waals surface area (Å²) in [6.45, 7) is 3.74. The zero-order valence-corrected chi connectivity index (χ0v) is 17.4. The van der Waals surface area contributed by atoms with Crippen LogP contribution in [0, 0.1) is 0 Å². The number of esters is 1. The number of rotatable bonds is 9. The van der Waals surface area contributed by atoms with Gasteiger partial charge in [0.05, 0.1) is 31.0 Å². The van der Waals surface area contributed by atoms with E-state index < -0.39 is 48.4 Å². The molecule has 9 nitrogen and oxygen atoms in total. The Hall–Kier alpha value is -2.20. The van der Waals surface area contributed by atoms with Crippen LogP contribution in [-0.2, 0) is 25.5 Å². The number of nitrogens with one attached hydrogen (secondary N) is 1. The number of ether oxygens (including phenoxy) is 2. The number of hydrogen-bond acceptors (Lipinski definition) is 8. The minimum atomic E-state index is -1.16. The van der Waals surface area contributed by atoms with Crippen LogP contribution in [0.4, 0.5) is 0 Å². The predicted molar refractivity (Wildman–Crippen MR) is 109 cm³/mol. The van der Waals surface area contributed by atoms with E-state index >= 15 is 0 Å². The predicted octanol–water partition coefficient (Wildman–Crippen LogP) is -0.0107. The molecule has 0 bridgehead atoms. The van der Waals surface area contributed by atoms with E-state index in [0.29, 0.717) is 6.42 Å². The Balaban J connectivity index is 2.07. The van der Waals surface area contributed by atoms with E-state index in [4.69, 9.17) is 15.2 Å². The van der Waals surface area contributed by atoms with E-state index in [2.05, 4.69) is 5.32 Å². The molecule has 1 aromatic carbocycles. The van der Waals surface area contributed by atoms with Crippen molar-refractivity contribution < 1.29 is 34.4 Å². The summed E-state index contributed by atoms with van der Waals surface area (Å²) >= 11 is 0. The third kappa shape index (κ3) is 6.66. The van der Waals surface area contributed by atoms with E-state index in [-0.39, 0.29) is 25.2 Å². The highest BCUT2D eigenvalue weighted by atomic mass is 16.5. The number of benzene rings is 1. The number of aliphatic hydroxyl groups excluding tert-OH is 2. The molecule has 30 heavy (non-hydrogen) atoms. The first-order valence-electron chi connectivity index (χ1n) is 10.2. The van der Waals surface area contributed by atoms with Gasteiger partial charge in [0.25, 0.3) is 0 Å². The number of phenolic OH excluding ortho intramolecular Hbond substituents is 1. The fourth-order valence-corrected chi connectivity index (χ4v) is 3.27. The lowest BCUT2D eigenvalue weighted by atomic mass is 9.94. The van der Waals surface area contributed by atoms with Crippen LogP contribution in [0.5, 0.6) is 5.75 Å². The summed E-state index contributed by atoms with van der Waals surface area (Å²) in [5.41, 5.74) is 6.76. The molecule has 0 unspecified atom stereocenters. The second-order valence-corrected chi connectivity index (χ2v) is 7.66. The van der Waals surface area contributed by atoms with Crippen LogP contribution >= 0.6 is 0 Å². The monoisotopic (exact) mass is 424 g/mol. The molecule has 0 radical (unpaired) electrons. The largest absolute Gasteiger partial charge is 0.508 e. The number of hydrogen-bond donors (Lipinski definition) is 5. The molecule has 0 aromatic heterocycles. The first kappa shape index (κ1) is 24.1. The highest BCUT2D eigenvalue weighted by Gasteiger charge is 2.42. The van der Waals surface area contributed by atoms with Gasteiger partial charge in [0.15, 0.2) is 6.04 Å². The van der Waals surface area contributed by atoms with Gasteiger partial charge >= 0.3 is 5.97 Å². The average molecular weight is 424 g/mol. The van der Waals surface area contributed by atoms with Crippen molar-refractivity contribution in [2.24, 2.45) is 5.73 Å². The van der Waals surface area contributed by atoms with E-state index in [1.807, 2.05) is 6.92 Å². The number of nitrogens with two attached hydrogens (primary N) is 1. The van der Waals surface area contributed by atoms with Gasteiger partial charge in [-0.3, -0.25) is 4.79 Å². The molecule has 0 saturated carbocycles. The van der Waals surface area contributed by atoms with Crippen molar-refractivity contribution in [2.45, 2.75) is 76.0 Å². The summed E-state index contributed by atoms with van der Waals surface area (Å²) in [7, 11) is 0. The van der Waals surface area contributed by atoms with Crippen LogP contribution in [0.25, 0.3) is 0 Å². The molecule has 168 valence electrons. The third-order valence-corrected chi connectivity index (χ3v) is 5.13. The maximum atomic E-state index is 12.7. The lowest BCUT2D eigenvalue weighted by Crippen LogP contribution is -2.59. The van der Waals surface area contributed by atoms with Gasteiger partial charge in [-0.15, -0.1) is 0 Å². The van der Waals surface area contributed by atoms with Crippen LogP contribution in [-0.4, -0.2) is 70.3 Å². The summed E-state index contributed by atoms with van der Waals surface area (Å²) in [6.07, 6.45) is -2.07. The molecule has 1 aliphatic heterocycles. The Morgan fingerprint density at radius 1 is 1.30 bits per heavy atom. The Kier molecular flexibility index (Phi) is 9.04. The Bertz CT molecular complexity index is 685. The van der Waals surface area contributed by atoms with Crippen molar-refractivity contribution in [1.82, 2.24) is 5.32 Å². The van der Waals surface area contributed by atoms with Gasteiger partial charge in [0.1, 0.15) is 11.9 Å². The SMILES string of the molecule is CCCCOC(=O)[C@@H](NC(=O)[C@@H](N)Cc1ccc(O)cc1)[C@H]1C[C@@H](O)[C@@H](O)[C@@H](C)O1. The number of aromatic hydroxyl groups is 1. The van der Waals surface area contributed by atoms with Gasteiger partial charge in [-0.25, -0.2) is 4.79 Å². The molecule has 1 amide bonds. The van der Waals surface area contributed by atoms with Gasteiger partial charge in [-0.2, -0.15) is 0 Å². The Labute approximate surface area is 176 Å². The molecule has 1 heterocycles. The van der Waals surface area contributed by atoms with Crippen LogP contribution in [0.1, 0.15) is 38.7 Å². The molecule has 1 saturated heterocycles. The molecule has 1 aliphatic rings. The minimum absolute atomic E-state index is 0.0352. The first-order valence-corrected chi connectivity index (χ1v) is 10.2.